The summed E-state index contributed by atoms with van der Waals surface area (Å²) >= 11 is 0. The second-order valence-corrected chi connectivity index (χ2v) is 9.76. The number of carboxylic acids is 1. The fourth-order valence-corrected chi connectivity index (χ4v) is 5.36. The molecule has 0 bridgehead atoms. The minimum atomic E-state index is -0.936. The van der Waals surface area contributed by atoms with E-state index in [4.69, 9.17) is 9.84 Å². The van der Waals surface area contributed by atoms with Crippen LogP contribution in [0.25, 0.3) is 11.1 Å². The zero-order valence-corrected chi connectivity index (χ0v) is 20.2. The van der Waals surface area contributed by atoms with Crippen molar-refractivity contribution in [3.8, 4) is 11.1 Å². The number of benzene rings is 2. The van der Waals surface area contributed by atoms with Crippen LogP contribution in [0.1, 0.15) is 56.1 Å². The lowest BCUT2D eigenvalue weighted by molar-refractivity contribution is -0.141. The average Bonchev–Trinajstić information content (AvgIpc) is 3.50. The lowest BCUT2D eigenvalue weighted by Gasteiger charge is -2.24. The number of alkyl carbamates (subject to hydrolysis) is 1. The standard InChI is InChI=1S/C28H34N2O5/c1-18(27(32)33)15-29-26(31)14-20(19-8-2-3-9-19)16-30-28(34)35-17-25-23-12-6-4-10-21(23)22-11-5-7-13-24(22)25/h4-7,10-13,18-20,25H,2-3,8-9,14-17H2,1H3,(H,29,31)(H,30,34)(H,32,33). The van der Waals surface area contributed by atoms with Crippen LogP contribution in [-0.4, -0.2) is 42.8 Å². The highest BCUT2D eigenvalue weighted by Crippen LogP contribution is 2.44. The Morgan fingerprint density at radius 1 is 0.943 bits per heavy atom. The van der Waals surface area contributed by atoms with Crippen LogP contribution >= 0.6 is 0 Å². The molecule has 2 atom stereocenters. The summed E-state index contributed by atoms with van der Waals surface area (Å²) in [4.78, 5) is 36.1. The lowest BCUT2D eigenvalue weighted by atomic mass is 9.87. The molecule has 2 amide bonds. The van der Waals surface area contributed by atoms with Crippen LogP contribution in [0.15, 0.2) is 48.5 Å². The van der Waals surface area contributed by atoms with Gasteiger partial charge in [-0.1, -0.05) is 81.1 Å². The number of ether oxygens (including phenoxy) is 1. The smallest absolute Gasteiger partial charge is 0.407 e. The van der Waals surface area contributed by atoms with E-state index in [1.807, 2.05) is 24.3 Å². The van der Waals surface area contributed by atoms with Crippen LogP contribution in [-0.2, 0) is 14.3 Å². The van der Waals surface area contributed by atoms with Gasteiger partial charge in [-0.05, 0) is 34.1 Å². The van der Waals surface area contributed by atoms with Gasteiger partial charge in [-0.3, -0.25) is 9.59 Å². The first-order chi connectivity index (χ1) is 16.9. The summed E-state index contributed by atoms with van der Waals surface area (Å²) in [5.74, 6) is -1.38. The molecule has 0 radical (unpaired) electrons. The number of rotatable bonds is 10. The van der Waals surface area contributed by atoms with E-state index in [9.17, 15) is 14.4 Å². The van der Waals surface area contributed by atoms with Crippen LogP contribution in [0.3, 0.4) is 0 Å². The van der Waals surface area contributed by atoms with Crippen molar-refractivity contribution in [2.75, 3.05) is 19.7 Å². The third-order valence-electron chi connectivity index (χ3n) is 7.39. The fraction of sp³-hybridized carbons (Fsp3) is 0.464. The Kier molecular flexibility index (Phi) is 8.06. The molecule has 7 nitrogen and oxygen atoms in total. The summed E-state index contributed by atoms with van der Waals surface area (Å²) < 4.78 is 5.65. The van der Waals surface area contributed by atoms with Gasteiger partial charge in [0.2, 0.25) is 5.91 Å². The van der Waals surface area contributed by atoms with Gasteiger partial charge in [-0.2, -0.15) is 0 Å². The Hall–Kier alpha value is -3.35. The molecule has 2 aliphatic carbocycles. The highest BCUT2D eigenvalue weighted by Gasteiger charge is 2.30. The van der Waals surface area contributed by atoms with Crippen molar-refractivity contribution in [1.29, 1.82) is 0 Å². The summed E-state index contributed by atoms with van der Waals surface area (Å²) in [5, 5.41) is 14.6. The normalized spacial score (nSPS) is 16.7. The molecule has 0 aromatic heterocycles. The number of nitrogens with one attached hydrogen (secondary N) is 2. The molecule has 35 heavy (non-hydrogen) atoms. The van der Waals surface area contributed by atoms with Crippen LogP contribution in [0.2, 0.25) is 0 Å². The van der Waals surface area contributed by atoms with Crippen molar-refractivity contribution in [2.24, 2.45) is 17.8 Å². The molecule has 1 saturated carbocycles. The number of carbonyl (C=O) groups excluding carboxylic acids is 2. The Morgan fingerprint density at radius 3 is 2.14 bits per heavy atom. The van der Waals surface area contributed by atoms with Gasteiger partial charge < -0.3 is 20.5 Å². The number of hydrogen-bond donors (Lipinski definition) is 3. The molecule has 0 spiro atoms. The molecule has 1 fully saturated rings. The summed E-state index contributed by atoms with van der Waals surface area (Å²) in [7, 11) is 0. The molecule has 2 aromatic rings. The molecule has 3 N–H and O–H groups in total. The molecule has 0 saturated heterocycles. The minimum Gasteiger partial charge on any atom is -0.481 e. The average molecular weight is 479 g/mol. The molecule has 2 aliphatic rings. The maximum absolute atomic E-state index is 12.6. The lowest BCUT2D eigenvalue weighted by Crippen LogP contribution is -2.38. The van der Waals surface area contributed by atoms with E-state index in [1.54, 1.807) is 6.92 Å². The van der Waals surface area contributed by atoms with E-state index < -0.39 is 18.0 Å². The van der Waals surface area contributed by atoms with E-state index in [-0.39, 0.29) is 37.3 Å². The van der Waals surface area contributed by atoms with Gasteiger partial charge in [-0.25, -0.2) is 4.79 Å². The van der Waals surface area contributed by atoms with Crippen molar-refractivity contribution in [1.82, 2.24) is 10.6 Å². The second-order valence-electron chi connectivity index (χ2n) is 9.76. The largest absolute Gasteiger partial charge is 0.481 e. The van der Waals surface area contributed by atoms with E-state index >= 15 is 0 Å². The molecule has 0 aliphatic heterocycles. The highest BCUT2D eigenvalue weighted by atomic mass is 16.5. The first-order valence-corrected chi connectivity index (χ1v) is 12.5. The SMILES string of the molecule is CC(CNC(=O)CC(CNC(=O)OCC1c2ccccc2-c2ccccc21)C1CCCC1)C(=O)O. The molecular formula is C28H34N2O5. The predicted molar refractivity (Wildman–Crippen MR) is 133 cm³/mol. The highest BCUT2D eigenvalue weighted by molar-refractivity contribution is 5.79. The van der Waals surface area contributed by atoms with Crippen LogP contribution in [0.5, 0.6) is 0 Å². The van der Waals surface area contributed by atoms with Crippen molar-refractivity contribution < 1.29 is 24.2 Å². The number of fused-ring (bicyclic) bond motifs is 3. The Morgan fingerprint density at radius 2 is 1.54 bits per heavy atom. The van der Waals surface area contributed by atoms with Crippen LogP contribution in [0, 0.1) is 17.8 Å². The Labute approximate surface area is 206 Å². The molecule has 186 valence electrons. The van der Waals surface area contributed by atoms with Crippen molar-refractivity contribution in [2.45, 2.75) is 44.9 Å². The molecule has 4 rings (SSSR count). The number of aliphatic carboxylic acids is 1. The van der Waals surface area contributed by atoms with Gasteiger partial charge in [0.05, 0.1) is 5.92 Å². The van der Waals surface area contributed by atoms with Crippen molar-refractivity contribution in [3.63, 3.8) is 0 Å². The Bertz CT molecular complexity index is 1020. The molecule has 7 heteroatoms. The zero-order valence-electron chi connectivity index (χ0n) is 20.2. The number of amides is 2. The van der Waals surface area contributed by atoms with Gasteiger partial charge in [0.25, 0.3) is 0 Å². The van der Waals surface area contributed by atoms with Gasteiger partial charge in [0, 0.05) is 25.4 Å². The zero-order chi connectivity index (χ0) is 24.8. The molecule has 2 aromatic carbocycles. The molecule has 2 unspecified atom stereocenters. The first kappa shape index (κ1) is 24.8. The third kappa shape index (κ3) is 6.02. The minimum absolute atomic E-state index is 0.000724. The summed E-state index contributed by atoms with van der Waals surface area (Å²) in [6.45, 7) is 2.28. The van der Waals surface area contributed by atoms with Gasteiger partial charge >= 0.3 is 12.1 Å². The number of hydrogen-bond acceptors (Lipinski definition) is 4. The van der Waals surface area contributed by atoms with Crippen molar-refractivity contribution in [3.05, 3.63) is 59.7 Å². The maximum atomic E-state index is 12.6. The van der Waals surface area contributed by atoms with E-state index in [1.165, 1.54) is 11.1 Å². The Balaban J connectivity index is 1.31. The predicted octanol–water partition coefficient (Wildman–Crippen LogP) is 4.56. The fourth-order valence-electron chi connectivity index (χ4n) is 5.36. The maximum Gasteiger partial charge on any atom is 0.407 e. The van der Waals surface area contributed by atoms with Gasteiger partial charge in [-0.15, -0.1) is 0 Å². The second kappa shape index (κ2) is 11.4. The van der Waals surface area contributed by atoms with Gasteiger partial charge in [0.1, 0.15) is 6.61 Å². The topological polar surface area (TPSA) is 105 Å². The number of carboxylic acid groups (broad SMARTS) is 1. The summed E-state index contributed by atoms with van der Waals surface area (Å²) in [6.07, 6.45) is 4.12. The third-order valence-corrected chi connectivity index (χ3v) is 7.39. The quantitative estimate of drug-likeness (QED) is 0.464. The van der Waals surface area contributed by atoms with E-state index in [2.05, 4.69) is 34.9 Å². The van der Waals surface area contributed by atoms with E-state index in [0.29, 0.717) is 12.5 Å². The monoisotopic (exact) mass is 478 g/mol. The summed E-state index contributed by atoms with van der Waals surface area (Å²) in [6, 6.07) is 16.4. The van der Waals surface area contributed by atoms with Gasteiger partial charge in [0.15, 0.2) is 0 Å². The van der Waals surface area contributed by atoms with E-state index in [0.717, 1.165) is 36.8 Å². The number of carbonyl (C=O) groups is 3. The molecule has 0 heterocycles. The summed E-state index contributed by atoms with van der Waals surface area (Å²) in [5.41, 5.74) is 4.69. The van der Waals surface area contributed by atoms with Crippen LogP contribution < -0.4 is 10.6 Å². The first-order valence-electron chi connectivity index (χ1n) is 12.5. The molecular weight excluding hydrogens is 444 g/mol. The van der Waals surface area contributed by atoms with Crippen LogP contribution in [0.4, 0.5) is 4.79 Å². The van der Waals surface area contributed by atoms with Crippen molar-refractivity contribution >= 4 is 18.0 Å².